The highest BCUT2D eigenvalue weighted by Crippen LogP contribution is 2.36. The number of pyridine rings is 1. The van der Waals surface area contributed by atoms with Crippen molar-refractivity contribution in [2.24, 2.45) is 0 Å². The van der Waals surface area contributed by atoms with Gasteiger partial charge in [0.1, 0.15) is 6.04 Å². The van der Waals surface area contributed by atoms with E-state index in [-0.39, 0.29) is 17.5 Å². The molecular formula is C24H27N5O2S. The molecular weight excluding hydrogens is 422 g/mol. The van der Waals surface area contributed by atoms with E-state index in [4.69, 9.17) is 0 Å². The van der Waals surface area contributed by atoms with Gasteiger partial charge in [-0.15, -0.1) is 5.10 Å². The van der Waals surface area contributed by atoms with Gasteiger partial charge in [-0.2, -0.15) is 0 Å². The zero-order valence-corrected chi connectivity index (χ0v) is 19.4. The minimum Gasteiger partial charge on any atom is -0.349 e. The Morgan fingerprint density at radius 3 is 2.53 bits per heavy atom. The van der Waals surface area contributed by atoms with Crippen molar-refractivity contribution in [3.8, 4) is 0 Å². The average molecular weight is 450 g/mol. The number of aromatic nitrogens is 3. The first kappa shape index (κ1) is 22.1. The third-order valence-electron chi connectivity index (χ3n) is 5.46. The summed E-state index contributed by atoms with van der Waals surface area (Å²) in [5, 5.41) is 8.70. The van der Waals surface area contributed by atoms with Crippen LogP contribution in [-0.4, -0.2) is 31.9 Å². The second-order valence-electron chi connectivity index (χ2n) is 9.01. The van der Waals surface area contributed by atoms with Gasteiger partial charge in [0.25, 0.3) is 5.91 Å². The minimum atomic E-state index is -0.875. The maximum Gasteiger partial charge on any atom is 0.280 e. The molecule has 7 nitrogen and oxygen atoms in total. The molecule has 2 heterocycles. The van der Waals surface area contributed by atoms with Crippen molar-refractivity contribution in [3.05, 3.63) is 70.5 Å². The maximum absolute atomic E-state index is 13.8. The first-order chi connectivity index (χ1) is 15.3. The van der Waals surface area contributed by atoms with Crippen LogP contribution in [0, 0.1) is 0 Å². The number of anilines is 1. The fraction of sp³-hybridized carbons (Fsp3) is 0.375. The van der Waals surface area contributed by atoms with Crippen LogP contribution in [0.5, 0.6) is 0 Å². The molecule has 1 atom stereocenters. The molecule has 0 radical (unpaired) electrons. The quantitative estimate of drug-likeness (QED) is 0.633. The zero-order valence-electron chi connectivity index (χ0n) is 18.5. The predicted molar refractivity (Wildman–Crippen MR) is 125 cm³/mol. The van der Waals surface area contributed by atoms with E-state index in [2.05, 4.69) is 26.0 Å². The number of carbonyl (C=O) groups is 2. The highest BCUT2D eigenvalue weighted by atomic mass is 32.1. The van der Waals surface area contributed by atoms with Gasteiger partial charge in [0.15, 0.2) is 5.69 Å². The van der Waals surface area contributed by atoms with Crippen molar-refractivity contribution in [2.75, 3.05) is 4.90 Å². The summed E-state index contributed by atoms with van der Waals surface area (Å²) in [5.41, 5.74) is 3.56. The molecule has 166 valence electrons. The van der Waals surface area contributed by atoms with E-state index in [1.165, 1.54) is 5.56 Å². The summed E-state index contributed by atoms with van der Waals surface area (Å²) in [7, 11) is 0. The van der Waals surface area contributed by atoms with E-state index in [9.17, 15) is 9.59 Å². The molecule has 1 aliphatic carbocycles. The molecule has 1 aromatic carbocycles. The van der Waals surface area contributed by atoms with E-state index in [1.807, 2.05) is 32.9 Å². The first-order valence-electron chi connectivity index (χ1n) is 10.8. The van der Waals surface area contributed by atoms with Crippen molar-refractivity contribution in [3.63, 3.8) is 0 Å². The van der Waals surface area contributed by atoms with E-state index in [1.54, 1.807) is 34.8 Å². The second-order valence-corrected chi connectivity index (χ2v) is 9.62. The van der Waals surface area contributed by atoms with E-state index in [0.717, 1.165) is 48.5 Å². The van der Waals surface area contributed by atoms with Crippen LogP contribution in [0.25, 0.3) is 0 Å². The van der Waals surface area contributed by atoms with Gasteiger partial charge in [-0.25, -0.2) is 0 Å². The molecule has 1 aliphatic rings. The topological polar surface area (TPSA) is 88.1 Å². The first-order valence-corrected chi connectivity index (χ1v) is 11.6. The van der Waals surface area contributed by atoms with E-state index in [0.29, 0.717) is 5.56 Å². The maximum atomic E-state index is 13.8. The van der Waals surface area contributed by atoms with Crippen LogP contribution >= 0.6 is 11.5 Å². The Hall–Kier alpha value is -3.13. The largest absolute Gasteiger partial charge is 0.349 e. The molecule has 2 amide bonds. The lowest BCUT2D eigenvalue weighted by Gasteiger charge is -2.35. The molecule has 0 unspecified atom stereocenters. The highest BCUT2D eigenvalue weighted by Gasteiger charge is 2.37. The number of nitrogens with one attached hydrogen (secondary N) is 1. The van der Waals surface area contributed by atoms with Crippen LogP contribution in [-0.2, 0) is 17.6 Å². The van der Waals surface area contributed by atoms with Crippen LogP contribution in [0.15, 0.2) is 48.1 Å². The molecule has 0 saturated carbocycles. The number of rotatable bonds is 5. The van der Waals surface area contributed by atoms with E-state index < -0.39 is 11.6 Å². The summed E-state index contributed by atoms with van der Waals surface area (Å²) < 4.78 is 3.88. The third-order valence-corrected chi connectivity index (χ3v) is 5.96. The molecule has 1 N–H and O–H groups in total. The number of carbonyl (C=O) groups excluding carboxylic acids is 2. The Morgan fingerprint density at radius 2 is 1.84 bits per heavy atom. The molecule has 4 rings (SSSR count). The van der Waals surface area contributed by atoms with Crippen molar-refractivity contribution in [1.82, 2.24) is 19.9 Å². The van der Waals surface area contributed by atoms with Gasteiger partial charge in [0.05, 0.1) is 0 Å². The number of amides is 2. The molecule has 3 aromatic rings. The summed E-state index contributed by atoms with van der Waals surface area (Å²) in [6, 6.07) is 8.69. The van der Waals surface area contributed by atoms with Crippen LogP contribution < -0.4 is 10.2 Å². The van der Waals surface area contributed by atoms with Crippen molar-refractivity contribution >= 4 is 29.0 Å². The molecule has 8 heteroatoms. The van der Waals surface area contributed by atoms with Gasteiger partial charge in [-0.05, 0) is 92.9 Å². The van der Waals surface area contributed by atoms with Crippen LogP contribution in [0.4, 0.5) is 5.69 Å². The number of nitrogens with zero attached hydrogens (tertiary/aromatic N) is 4. The fourth-order valence-electron chi connectivity index (χ4n) is 4.14. The molecule has 0 bridgehead atoms. The highest BCUT2D eigenvalue weighted by molar-refractivity contribution is 7.03. The Balaban J connectivity index is 1.90. The second kappa shape index (κ2) is 9.16. The summed E-state index contributed by atoms with van der Waals surface area (Å²) >= 11 is 1.12. The number of hydrogen-bond donors (Lipinski definition) is 1. The normalized spacial score (nSPS) is 14.3. The van der Waals surface area contributed by atoms with Crippen LogP contribution in [0.3, 0.4) is 0 Å². The summed E-state index contributed by atoms with van der Waals surface area (Å²) in [5.74, 6) is -0.600. The Labute approximate surface area is 192 Å². The zero-order chi connectivity index (χ0) is 22.7. The Morgan fingerprint density at radius 1 is 1.09 bits per heavy atom. The van der Waals surface area contributed by atoms with Crippen molar-refractivity contribution in [2.45, 2.75) is 58.0 Å². The number of fused-ring (bicyclic) bond motifs is 1. The minimum absolute atomic E-state index is 0.228. The SMILES string of the molecule is CC(C)(C)NC(=O)[C@H](c1ccncc1)N(C(=O)c1csnn1)c1cccc2c1CCCC2. The molecule has 0 aliphatic heterocycles. The molecule has 0 spiro atoms. The van der Waals surface area contributed by atoms with Gasteiger partial charge in [-0.3, -0.25) is 19.5 Å². The third kappa shape index (κ3) is 4.70. The molecule has 2 aromatic heterocycles. The lowest BCUT2D eigenvalue weighted by atomic mass is 9.89. The summed E-state index contributed by atoms with van der Waals surface area (Å²) in [4.78, 5) is 33.2. The number of benzene rings is 1. The fourth-order valence-corrected chi connectivity index (χ4v) is 4.57. The van der Waals surface area contributed by atoms with Gasteiger partial charge in [0, 0.05) is 29.0 Å². The van der Waals surface area contributed by atoms with Gasteiger partial charge in [0.2, 0.25) is 5.91 Å². The monoisotopic (exact) mass is 449 g/mol. The van der Waals surface area contributed by atoms with Crippen molar-refractivity contribution < 1.29 is 9.59 Å². The Bertz CT molecular complexity index is 1090. The van der Waals surface area contributed by atoms with Crippen molar-refractivity contribution in [1.29, 1.82) is 0 Å². The lowest BCUT2D eigenvalue weighted by Crippen LogP contribution is -2.50. The van der Waals surface area contributed by atoms with E-state index >= 15 is 0 Å². The predicted octanol–water partition coefficient (Wildman–Crippen LogP) is 4.11. The van der Waals surface area contributed by atoms with Crippen LogP contribution in [0.1, 0.15) is 66.8 Å². The number of aryl methyl sites for hydroxylation is 1. The van der Waals surface area contributed by atoms with Gasteiger partial charge >= 0.3 is 0 Å². The summed E-state index contributed by atoms with van der Waals surface area (Å²) in [6.45, 7) is 5.78. The average Bonchev–Trinajstić information content (AvgIpc) is 3.31. The molecule has 0 fully saturated rings. The standard InChI is InChI=1S/C24H27N5O2S/c1-24(2,3)26-22(30)21(17-11-13-25-14-12-17)29(23(31)19-15-32-28-27-19)20-10-6-8-16-7-4-5-9-18(16)20/h6,8,10-15,21H,4-5,7,9H2,1-3H3,(H,26,30)/t21-/m0/s1. The van der Waals surface area contributed by atoms with Crippen LogP contribution in [0.2, 0.25) is 0 Å². The molecule has 0 saturated heterocycles. The lowest BCUT2D eigenvalue weighted by molar-refractivity contribution is -0.123. The Kier molecular flexibility index (Phi) is 6.32. The smallest absolute Gasteiger partial charge is 0.280 e. The summed E-state index contributed by atoms with van der Waals surface area (Å²) in [6.07, 6.45) is 7.30. The van der Waals surface area contributed by atoms with Gasteiger partial charge in [-0.1, -0.05) is 16.6 Å². The van der Waals surface area contributed by atoms with Gasteiger partial charge < -0.3 is 5.32 Å². The molecule has 32 heavy (non-hydrogen) atoms. The number of hydrogen-bond acceptors (Lipinski definition) is 6.